The fourth-order valence-corrected chi connectivity index (χ4v) is 4.45. The van der Waals surface area contributed by atoms with Gasteiger partial charge in [0.2, 0.25) is 0 Å². The summed E-state index contributed by atoms with van der Waals surface area (Å²) in [6.45, 7) is 2.54. The van der Waals surface area contributed by atoms with Gasteiger partial charge < -0.3 is 4.90 Å². The molecule has 4 aromatic heterocycles. The normalized spacial score (nSPS) is 16.0. The molecule has 0 N–H and O–H groups in total. The molecular formula is C24H20F2N8. The second-order valence-corrected chi connectivity index (χ2v) is 8.29. The van der Waals surface area contributed by atoms with Crippen molar-refractivity contribution in [2.75, 3.05) is 11.4 Å². The molecular weight excluding hydrogens is 438 g/mol. The van der Waals surface area contributed by atoms with E-state index in [4.69, 9.17) is 4.98 Å². The summed E-state index contributed by atoms with van der Waals surface area (Å²) in [5.41, 5.74) is 3.40. The molecule has 34 heavy (non-hydrogen) atoms. The van der Waals surface area contributed by atoms with Crippen LogP contribution in [0.25, 0.3) is 22.5 Å². The van der Waals surface area contributed by atoms with Crippen molar-refractivity contribution in [1.29, 1.82) is 0 Å². The third kappa shape index (κ3) is 3.47. The summed E-state index contributed by atoms with van der Waals surface area (Å²) in [5, 5.41) is 8.88. The molecule has 0 amide bonds. The van der Waals surface area contributed by atoms with Crippen LogP contribution in [0.3, 0.4) is 0 Å². The fourth-order valence-electron chi connectivity index (χ4n) is 4.45. The summed E-state index contributed by atoms with van der Waals surface area (Å²) in [5.74, 6) is 0.528. The van der Waals surface area contributed by atoms with Crippen LogP contribution in [-0.4, -0.2) is 40.9 Å². The van der Waals surface area contributed by atoms with Gasteiger partial charge in [0, 0.05) is 48.0 Å². The molecule has 1 saturated heterocycles. The van der Waals surface area contributed by atoms with Crippen LogP contribution in [0.2, 0.25) is 0 Å². The van der Waals surface area contributed by atoms with Gasteiger partial charge >= 0.3 is 0 Å². The number of aromatic nitrogens is 7. The van der Waals surface area contributed by atoms with Gasteiger partial charge in [0.15, 0.2) is 5.65 Å². The van der Waals surface area contributed by atoms with E-state index in [1.54, 1.807) is 34.0 Å². The van der Waals surface area contributed by atoms with Gasteiger partial charge in [-0.05, 0) is 44.0 Å². The topological polar surface area (TPSA) is 77.0 Å². The lowest BCUT2D eigenvalue weighted by atomic mass is 10.0. The van der Waals surface area contributed by atoms with Crippen molar-refractivity contribution in [1.82, 2.24) is 34.3 Å². The Morgan fingerprint density at radius 1 is 0.971 bits per heavy atom. The highest BCUT2D eigenvalue weighted by molar-refractivity contribution is 5.64. The fraction of sp³-hybridized carbons (Fsp3) is 0.208. The van der Waals surface area contributed by atoms with E-state index in [-0.39, 0.29) is 6.04 Å². The molecule has 0 spiro atoms. The van der Waals surface area contributed by atoms with Crippen LogP contribution in [0.5, 0.6) is 0 Å². The highest BCUT2D eigenvalue weighted by Gasteiger charge is 2.30. The highest BCUT2D eigenvalue weighted by Crippen LogP contribution is 2.37. The van der Waals surface area contributed by atoms with Gasteiger partial charge in [-0.3, -0.25) is 0 Å². The van der Waals surface area contributed by atoms with Crippen molar-refractivity contribution >= 4 is 11.5 Å². The Morgan fingerprint density at radius 2 is 1.82 bits per heavy atom. The molecule has 1 aliphatic heterocycles. The molecule has 0 aliphatic carbocycles. The Morgan fingerprint density at radius 3 is 2.68 bits per heavy atom. The minimum Gasteiger partial charge on any atom is -0.349 e. The molecule has 5 heterocycles. The first-order valence-corrected chi connectivity index (χ1v) is 11.0. The van der Waals surface area contributed by atoms with E-state index in [0.717, 1.165) is 30.0 Å². The van der Waals surface area contributed by atoms with Crippen LogP contribution >= 0.6 is 0 Å². The molecule has 6 rings (SSSR count). The summed E-state index contributed by atoms with van der Waals surface area (Å²) in [6, 6.07) is 5.16. The van der Waals surface area contributed by atoms with Gasteiger partial charge in [0.05, 0.1) is 18.4 Å². The van der Waals surface area contributed by atoms with Crippen LogP contribution in [0.1, 0.15) is 30.3 Å². The molecule has 5 aromatic rings. The maximum Gasteiger partial charge on any atom is 0.183 e. The predicted octanol–water partition coefficient (Wildman–Crippen LogP) is 4.30. The van der Waals surface area contributed by atoms with Crippen molar-refractivity contribution in [3.8, 4) is 16.8 Å². The lowest BCUT2D eigenvalue weighted by molar-refractivity contribution is 0.560. The second kappa shape index (κ2) is 7.98. The molecule has 1 aliphatic rings. The van der Waals surface area contributed by atoms with E-state index in [1.807, 2.05) is 30.3 Å². The Hall–Kier alpha value is -4.21. The van der Waals surface area contributed by atoms with Crippen molar-refractivity contribution in [2.45, 2.75) is 25.8 Å². The van der Waals surface area contributed by atoms with Crippen molar-refractivity contribution in [2.24, 2.45) is 0 Å². The molecule has 8 nitrogen and oxygen atoms in total. The SMILES string of the molecule is Cc1ncc(-c2cnn(-c3cnn4ccc(N5CCCC5c5cc(F)ccc5F)nc34)c2)cn1. The molecule has 1 atom stereocenters. The number of benzene rings is 1. The molecule has 170 valence electrons. The monoisotopic (exact) mass is 458 g/mol. The van der Waals surface area contributed by atoms with Gasteiger partial charge in [0.25, 0.3) is 0 Å². The van der Waals surface area contributed by atoms with Gasteiger partial charge in [-0.15, -0.1) is 0 Å². The van der Waals surface area contributed by atoms with Gasteiger partial charge in [0.1, 0.15) is 29.0 Å². The zero-order chi connectivity index (χ0) is 23.2. The average molecular weight is 458 g/mol. The number of hydrogen-bond donors (Lipinski definition) is 0. The Kier molecular flexibility index (Phi) is 4.79. The maximum absolute atomic E-state index is 14.5. The van der Waals surface area contributed by atoms with E-state index >= 15 is 0 Å². The third-order valence-corrected chi connectivity index (χ3v) is 6.14. The number of halogens is 2. The lowest BCUT2D eigenvalue weighted by Crippen LogP contribution is -2.24. The van der Waals surface area contributed by atoms with E-state index < -0.39 is 11.6 Å². The molecule has 1 fully saturated rings. The summed E-state index contributed by atoms with van der Waals surface area (Å²) in [4.78, 5) is 15.3. The zero-order valence-electron chi connectivity index (χ0n) is 18.3. The van der Waals surface area contributed by atoms with E-state index in [1.165, 1.54) is 12.1 Å². The Bertz CT molecular complexity index is 1490. The van der Waals surface area contributed by atoms with Crippen molar-refractivity contribution in [3.63, 3.8) is 0 Å². The van der Waals surface area contributed by atoms with Gasteiger partial charge in [-0.2, -0.15) is 10.2 Å². The van der Waals surface area contributed by atoms with Gasteiger partial charge in [-0.1, -0.05) is 0 Å². The number of fused-ring (bicyclic) bond motifs is 1. The Balaban J connectivity index is 1.37. The number of rotatable bonds is 4. The first kappa shape index (κ1) is 20.4. The minimum absolute atomic E-state index is 0.283. The van der Waals surface area contributed by atoms with Crippen LogP contribution in [0.15, 0.2) is 61.4 Å². The van der Waals surface area contributed by atoms with E-state index in [9.17, 15) is 8.78 Å². The van der Waals surface area contributed by atoms with Crippen LogP contribution < -0.4 is 4.90 Å². The standard InChI is InChI=1S/C24H20F2N8/c1-15-27-10-16(11-28-15)17-12-29-34(14-17)22-13-30-33-8-6-23(31-24(22)33)32-7-2-3-21(32)19-9-18(25)4-5-20(19)26/h4-6,8-14,21H,2-3,7H2,1H3. The summed E-state index contributed by atoms with van der Waals surface area (Å²) < 4.78 is 31.7. The average Bonchev–Trinajstić information content (AvgIpc) is 3.60. The second-order valence-electron chi connectivity index (χ2n) is 8.29. The van der Waals surface area contributed by atoms with Crippen molar-refractivity contribution < 1.29 is 8.78 Å². The summed E-state index contributed by atoms with van der Waals surface area (Å²) >= 11 is 0. The number of anilines is 1. The summed E-state index contributed by atoms with van der Waals surface area (Å²) in [6.07, 6.45) is 12.2. The van der Waals surface area contributed by atoms with Crippen LogP contribution in [-0.2, 0) is 0 Å². The Labute approximate surface area is 193 Å². The lowest BCUT2D eigenvalue weighted by Gasteiger charge is -2.26. The predicted molar refractivity (Wildman–Crippen MR) is 122 cm³/mol. The van der Waals surface area contributed by atoms with Crippen LogP contribution in [0.4, 0.5) is 14.6 Å². The molecule has 0 saturated carbocycles. The molecule has 1 aromatic carbocycles. The van der Waals surface area contributed by atoms with Crippen molar-refractivity contribution in [3.05, 3.63) is 84.5 Å². The van der Waals surface area contributed by atoms with E-state index in [2.05, 4.69) is 20.2 Å². The molecule has 10 heteroatoms. The molecule has 1 unspecified atom stereocenters. The largest absolute Gasteiger partial charge is 0.349 e. The van der Waals surface area contributed by atoms with Gasteiger partial charge in [-0.25, -0.2) is 32.9 Å². The van der Waals surface area contributed by atoms with Crippen LogP contribution in [0, 0.1) is 18.6 Å². The quantitative estimate of drug-likeness (QED) is 0.400. The highest BCUT2D eigenvalue weighted by atomic mass is 19.1. The first-order chi connectivity index (χ1) is 16.6. The third-order valence-electron chi connectivity index (χ3n) is 6.14. The zero-order valence-corrected chi connectivity index (χ0v) is 18.3. The number of aryl methyl sites for hydroxylation is 1. The summed E-state index contributed by atoms with van der Waals surface area (Å²) in [7, 11) is 0. The minimum atomic E-state index is -0.446. The first-order valence-electron chi connectivity index (χ1n) is 11.0. The van der Waals surface area contributed by atoms with E-state index in [0.29, 0.717) is 35.1 Å². The number of hydrogen-bond acceptors (Lipinski definition) is 6. The number of nitrogens with zero attached hydrogens (tertiary/aromatic N) is 8. The maximum atomic E-state index is 14.5. The molecule has 0 bridgehead atoms. The smallest absolute Gasteiger partial charge is 0.183 e. The molecule has 0 radical (unpaired) electrons.